The quantitative estimate of drug-likeness (QED) is 0.332. The molecule has 2 saturated carbocycles. The Labute approximate surface area is 215 Å². The number of hydrazine groups is 1. The summed E-state index contributed by atoms with van der Waals surface area (Å²) in [6.45, 7) is 2.38. The van der Waals surface area contributed by atoms with Crippen LogP contribution in [0.25, 0.3) is 11.2 Å². The van der Waals surface area contributed by atoms with E-state index in [1.54, 1.807) is 0 Å². The number of piperidine rings is 1. The molecule has 9 nitrogen and oxygen atoms in total. The van der Waals surface area contributed by atoms with Crippen LogP contribution in [0.1, 0.15) is 102 Å². The fourth-order valence-corrected chi connectivity index (χ4v) is 6.34. The molecule has 1 aliphatic heterocycles. The summed E-state index contributed by atoms with van der Waals surface area (Å²) < 4.78 is 2.29. The maximum absolute atomic E-state index is 8.96. The van der Waals surface area contributed by atoms with Crippen molar-refractivity contribution < 1.29 is 5.11 Å². The minimum absolute atomic E-state index is 0.325. The number of nitrogens with one attached hydrogen (secondary N) is 2. The van der Waals surface area contributed by atoms with Crippen LogP contribution in [0.3, 0.4) is 0 Å². The highest BCUT2D eigenvalue weighted by Crippen LogP contribution is 2.34. The molecule has 2 aromatic heterocycles. The van der Waals surface area contributed by atoms with Crippen LogP contribution in [-0.4, -0.2) is 61.4 Å². The predicted octanol–water partition coefficient (Wildman–Crippen LogP) is 4.60. The highest BCUT2D eigenvalue weighted by Gasteiger charge is 2.25. The summed E-state index contributed by atoms with van der Waals surface area (Å²) in [5, 5.41) is 14.9. The number of unbranched alkanes of at least 4 members (excludes halogenated alkanes) is 3. The molecular formula is C27H46N8O. The summed E-state index contributed by atoms with van der Waals surface area (Å²) in [7, 11) is 0. The van der Waals surface area contributed by atoms with Gasteiger partial charge in [-0.3, -0.25) is 0 Å². The van der Waals surface area contributed by atoms with E-state index >= 15 is 0 Å². The maximum atomic E-state index is 8.96. The third kappa shape index (κ3) is 6.47. The first kappa shape index (κ1) is 25.7. The lowest BCUT2D eigenvalue weighted by molar-refractivity contribution is 0.206. The zero-order valence-electron chi connectivity index (χ0n) is 21.9. The zero-order chi connectivity index (χ0) is 24.7. The second-order valence-corrected chi connectivity index (χ2v) is 11.4. The van der Waals surface area contributed by atoms with Gasteiger partial charge in [0, 0.05) is 37.8 Å². The van der Waals surface area contributed by atoms with Gasteiger partial charge in [-0.2, -0.15) is 9.97 Å². The molecule has 0 bridgehead atoms. The van der Waals surface area contributed by atoms with Gasteiger partial charge in [0.1, 0.15) is 0 Å². The molecule has 0 spiro atoms. The monoisotopic (exact) mass is 498 g/mol. The van der Waals surface area contributed by atoms with Crippen molar-refractivity contribution in [2.45, 2.75) is 114 Å². The van der Waals surface area contributed by atoms with Gasteiger partial charge in [-0.05, 0) is 63.7 Å². The van der Waals surface area contributed by atoms with Crippen LogP contribution in [0.4, 0.5) is 11.8 Å². The van der Waals surface area contributed by atoms with Gasteiger partial charge in [0.2, 0.25) is 5.95 Å². The Morgan fingerprint density at radius 2 is 1.67 bits per heavy atom. The molecule has 2 aliphatic carbocycles. The Morgan fingerprint density at radius 1 is 0.917 bits per heavy atom. The molecule has 3 aliphatic rings. The second-order valence-electron chi connectivity index (χ2n) is 11.4. The van der Waals surface area contributed by atoms with Crippen molar-refractivity contribution in [1.82, 2.24) is 24.5 Å². The van der Waals surface area contributed by atoms with Gasteiger partial charge in [-0.1, -0.05) is 38.5 Å². The van der Waals surface area contributed by atoms with Crippen molar-refractivity contribution in [2.75, 3.05) is 30.4 Å². The Morgan fingerprint density at radius 3 is 2.42 bits per heavy atom. The Balaban J connectivity index is 1.26. The molecular weight excluding hydrogens is 452 g/mol. The van der Waals surface area contributed by atoms with Crippen LogP contribution in [-0.2, 0) is 0 Å². The number of aliphatic hydroxyl groups is 1. The summed E-state index contributed by atoms with van der Waals surface area (Å²) in [4.78, 5) is 14.7. The molecule has 0 amide bonds. The summed E-state index contributed by atoms with van der Waals surface area (Å²) in [6, 6.07) is 1.20. The van der Waals surface area contributed by atoms with E-state index in [0.29, 0.717) is 30.7 Å². The highest BCUT2D eigenvalue weighted by atomic mass is 16.2. The van der Waals surface area contributed by atoms with Crippen LogP contribution >= 0.6 is 0 Å². The molecule has 9 heteroatoms. The molecule has 1 saturated heterocycles. The molecule has 5 N–H and O–H groups in total. The Bertz CT molecular complexity index is 943. The molecule has 3 heterocycles. The predicted molar refractivity (Wildman–Crippen MR) is 145 cm³/mol. The van der Waals surface area contributed by atoms with Gasteiger partial charge >= 0.3 is 0 Å². The standard InChI is InChI=1S/C27H46N8O/c28-21-10-12-22(13-11-21)30-27-31-25(24-26(32-27)35(19-29-24)23-8-4-5-9-23)33-34-16-14-20(15-17-34)7-3-1-2-6-18-36/h19-23,36H,1-18,28H2,(H2,30,31,32,33). The largest absolute Gasteiger partial charge is 0.396 e. The zero-order valence-corrected chi connectivity index (χ0v) is 21.9. The molecule has 5 rings (SSSR count). The molecule has 200 valence electrons. The second kappa shape index (κ2) is 12.5. The minimum atomic E-state index is 0.325. The first-order chi connectivity index (χ1) is 17.7. The lowest BCUT2D eigenvalue weighted by atomic mass is 9.92. The third-order valence-electron chi connectivity index (χ3n) is 8.64. The first-order valence-corrected chi connectivity index (χ1v) is 14.6. The van der Waals surface area contributed by atoms with E-state index in [2.05, 4.69) is 20.3 Å². The average molecular weight is 499 g/mol. The fourth-order valence-electron chi connectivity index (χ4n) is 6.34. The number of imidazole rings is 1. The number of aliphatic hydroxyl groups excluding tert-OH is 1. The van der Waals surface area contributed by atoms with Gasteiger partial charge in [0.15, 0.2) is 17.0 Å². The number of aromatic nitrogens is 4. The van der Waals surface area contributed by atoms with E-state index in [0.717, 1.165) is 74.5 Å². The summed E-state index contributed by atoms with van der Waals surface area (Å²) in [5.74, 6) is 2.34. The number of nitrogens with two attached hydrogens (primary N) is 1. The maximum Gasteiger partial charge on any atom is 0.227 e. The van der Waals surface area contributed by atoms with E-state index in [4.69, 9.17) is 25.8 Å². The Hall–Kier alpha value is -1.97. The minimum Gasteiger partial charge on any atom is -0.396 e. The van der Waals surface area contributed by atoms with Gasteiger partial charge in [0.25, 0.3) is 0 Å². The van der Waals surface area contributed by atoms with Crippen LogP contribution in [0.15, 0.2) is 6.33 Å². The highest BCUT2D eigenvalue weighted by molar-refractivity contribution is 5.84. The van der Waals surface area contributed by atoms with Crippen LogP contribution in [0.2, 0.25) is 0 Å². The SMILES string of the molecule is NC1CCC(Nc2nc(NN3CCC(CCCCCCO)CC3)c3ncn(C4CCCC4)c3n2)CC1. The van der Waals surface area contributed by atoms with E-state index in [1.807, 2.05) is 6.33 Å². The van der Waals surface area contributed by atoms with Gasteiger partial charge in [-0.25, -0.2) is 9.99 Å². The topological polar surface area (TPSA) is 117 Å². The van der Waals surface area contributed by atoms with Gasteiger partial charge in [-0.15, -0.1) is 0 Å². The smallest absolute Gasteiger partial charge is 0.227 e. The molecule has 3 fully saturated rings. The van der Waals surface area contributed by atoms with E-state index in [9.17, 15) is 0 Å². The van der Waals surface area contributed by atoms with E-state index in [-0.39, 0.29) is 0 Å². The summed E-state index contributed by atoms with van der Waals surface area (Å²) >= 11 is 0. The molecule has 36 heavy (non-hydrogen) atoms. The molecule has 2 aromatic rings. The van der Waals surface area contributed by atoms with E-state index < -0.39 is 0 Å². The van der Waals surface area contributed by atoms with Gasteiger partial charge < -0.3 is 26.1 Å². The average Bonchev–Trinajstić information content (AvgIpc) is 3.57. The molecule has 0 unspecified atom stereocenters. The van der Waals surface area contributed by atoms with Crippen molar-refractivity contribution in [1.29, 1.82) is 0 Å². The number of nitrogens with zero attached hydrogens (tertiary/aromatic N) is 5. The summed E-state index contributed by atoms with van der Waals surface area (Å²) in [5.41, 5.74) is 11.6. The lowest BCUT2D eigenvalue weighted by Gasteiger charge is -2.32. The number of rotatable bonds is 11. The molecule has 0 aromatic carbocycles. The van der Waals surface area contributed by atoms with Crippen LogP contribution in [0.5, 0.6) is 0 Å². The number of fused-ring (bicyclic) bond motifs is 1. The normalized spacial score (nSPS) is 24.5. The van der Waals surface area contributed by atoms with Gasteiger partial charge in [0.05, 0.1) is 6.33 Å². The van der Waals surface area contributed by atoms with E-state index in [1.165, 1.54) is 57.8 Å². The molecule has 0 radical (unpaired) electrons. The Kier molecular flexibility index (Phi) is 8.93. The van der Waals surface area contributed by atoms with Crippen molar-refractivity contribution in [3.63, 3.8) is 0 Å². The number of anilines is 2. The third-order valence-corrected chi connectivity index (χ3v) is 8.64. The number of hydrogen-bond donors (Lipinski definition) is 4. The number of hydrogen-bond acceptors (Lipinski definition) is 8. The van der Waals surface area contributed by atoms with Crippen LogP contribution < -0.4 is 16.5 Å². The lowest BCUT2D eigenvalue weighted by Crippen LogP contribution is -2.38. The van der Waals surface area contributed by atoms with Crippen molar-refractivity contribution >= 4 is 22.9 Å². The van der Waals surface area contributed by atoms with Crippen LogP contribution in [0, 0.1) is 5.92 Å². The van der Waals surface area contributed by atoms with Crippen molar-refractivity contribution in [2.24, 2.45) is 11.7 Å². The summed E-state index contributed by atoms with van der Waals surface area (Å²) in [6.07, 6.45) is 19.6. The van der Waals surface area contributed by atoms with Crippen molar-refractivity contribution in [3.8, 4) is 0 Å². The first-order valence-electron chi connectivity index (χ1n) is 14.6. The molecule has 0 atom stereocenters. The fraction of sp³-hybridized carbons (Fsp3) is 0.815. The van der Waals surface area contributed by atoms with Crippen molar-refractivity contribution in [3.05, 3.63) is 6.33 Å².